The molecule has 9 heteroatoms. The molecule has 0 saturated carbocycles. The number of amides is 2. The topological polar surface area (TPSA) is 86.8 Å². The first-order valence-corrected chi connectivity index (χ1v) is 13.2. The van der Waals surface area contributed by atoms with Crippen molar-refractivity contribution in [1.82, 2.24) is 9.21 Å². The average Bonchev–Trinajstić information content (AvgIpc) is 2.80. The van der Waals surface area contributed by atoms with Gasteiger partial charge < -0.3 is 10.2 Å². The summed E-state index contributed by atoms with van der Waals surface area (Å²) in [5.74, 6) is -0.490. The van der Waals surface area contributed by atoms with Crippen molar-refractivity contribution in [2.24, 2.45) is 0 Å². The highest BCUT2D eigenvalue weighted by Crippen LogP contribution is 2.24. The summed E-state index contributed by atoms with van der Waals surface area (Å²) in [6.45, 7) is 1.04. The number of para-hydroxylation sites is 1. The minimum Gasteiger partial charge on any atom is -0.336 e. The zero-order chi connectivity index (χ0) is 23.1. The second kappa shape index (κ2) is 11.0. The summed E-state index contributed by atoms with van der Waals surface area (Å²) < 4.78 is 27.0. The molecular formula is C23H29N3O4S2. The van der Waals surface area contributed by atoms with Crippen molar-refractivity contribution in [3.8, 4) is 0 Å². The van der Waals surface area contributed by atoms with Crippen LogP contribution >= 0.6 is 11.8 Å². The molecule has 1 N–H and O–H groups in total. The molecule has 1 aliphatic heterocycles. The fourth-order valence-corrected chi connectivity index (χ4v) is 5.66. The molecule has 0 atom stereocenters. The maximum Gasteiger partial charge on any atom is 0.244 e. The van der Waals surface area contributed by atoms with Crippen LogP contribution in [0.15, 0.2) is 58.3 Å². The van der Waals surface area contributed by atoms with Crippen molar-refractivity contribution in [3.05, 3.63) is 54.1 Å². The third-order valence-electron chi connectivity index (χ3n) is 5.42. The van der Waals surface area contributed by atoms with Gasteiger partial charge in [0, 0.05) is 25.0 Å². The molecule has 1 fully saturated rings. The summed E-state index contributed by atoms with van der Waals surface area (Å²) in [5.41, 5.74) is 1.42. The number of anilines is 1. The molecule has 0 aromatic heterocycles. The second-order valence-corrected chi connectivity index (χ2v) is 10.6. The van der Waals surface area contributed by atoms with Gasteiger partial charge >= 0.3 is 0 Å². The number of rotatable bonds is 8. The van der Waals surface area contributed by atoms with E-state index in [2.05, 4.69) is 5.32 Å². The number of thioether (sulfide) groups is 1. The Hall–Kier alpha value is -2.36. The molecule has 0 aliphatic carbocycles. The molecule has 0 unspecified atom stereocenters. The van der Waals surface area contributed by atoms with E-state index in [1.807, 2.05) is 30.5 Å². The fraction of sp³-hybridized carbons (Fsp3) is 0.391. The van der Waals surface area contributed by atoms with E-state index in [0.717, 1.165) is 29.8 Å². The fourth-order valence-electron chi connectivity index (χ4n) is 3.58. The number of carbonyl (C=O) groups excluding carboxylic acids is 2. The number of hydrogen-bond donors (Lipinski definition) is 1. The summed E-state index contributed by atoms with van der Waals surface area (Å²) in [4.78, 5) is 27.5. The Kier molecular flexibility index (Phi) is 8.33. The van der Waals surface area contributed by atoms with Crippen LogP contribution in [0.2, 0.25) is 0 Å². The Bertz CT molecular complexity index is 1050. The molecule has 2 aromatic rings. The molecule has 0 radical (unpaired) electrons. The normalized spacial score (nSPS) is 14.7. The number of nitrogens with one attached hydrogen (secondary N) is 1. The molecule has 1 aliphatic rings. The maximum atomic E-state index is 12.8. The van der Waals surface area contributed by atoms with Gasteiger partial charge in [0.05, 0.1) is 23.5 Å². The Morgan fingerprint density at radius 2 is 1.69 bits per heavy atom. The van der Waals surface area contributed by atoms with Gasteiger partial charge in [-0.2, -0.15) is 4.31 Å². The van der Waals surface area contributed by atoms with Crippen molar-refractivity contribution < 1.29 is 18.0 Å². The molecule has 2 amide bonds. The molecular weight excluding hydrogens is 446 g/mol. The van der Waals surface area contributed by atoms with Crippen LogP contribution < -0.4 is 5.32 Å². The lowest BCUT2D eigenvalue weighted by Gasteiger charge is -2.25. The lowest BCUT2D eigenvalue weighted by Crippen LogP contribution is -2.36. The van der Waals surface area contributed by atoms with E-state index in [1.165, 1.54) is 21.0 Å². The molecule has 0 bridgehead atoms. The standard InChI is InChI=1S/C23H29N3O4S2/c1-25(17-22(27)24-20-8-4-5-9-21(20)31-2)23(28)16-18-10-12-19(13-11-18)32(29,30)26-14-6-3-7-15-26/h4-5,8-13H,3,6-7,14-17H2,1-2H3,(H,24,27). The quantitative estimate of drug-likeness (QED) is 0.593. The highest BCUT2D eigenvalue weighted by molar-refractivity contribution is 7.98. The number of piperidine rings is 1. The monoisotopic (exact) mass is 475 g/mol. The van der Waals surface area contributed by atoms with Crippen molar-refractivity contribution in [3.63, 3.8) is 0 Å². The van der Waals surface area contributed by atoms with E-state index in [1.54, 1.807) is 31.3 Å². The SMILES string of the molecule is CSc1ccccc1NC(=O)CN(C)C(=O)Cc1ccc(S(=O)(=O)N2CCCCC2)cc1. The van der Waals surface area contributed by atoms with Gasteiger partial charge in [-0.05, 0) is 48.9 Å². The largest absolute Gasteiger partial charge is 0.336 e. The highest BCUT2D eigenvalue weighted by atomic mass is 32.2. The summed E-state index contributed by atoms with van der Waals surface area (Å²) in [6, 6.07) is 13.9. The van der Waals surface area contributed by atoms with E-state index >= 15 is 0 Å². The van der Waals surface area contributed by atoms with Crippen molar-refractivity contribution in [2.45, 2.75) is 35.5 Å². The number of likely N-dealkylation sites (N-methyl/N-ethyl adjacent to an activating group) is 1. The van der Waals surface area contributed by atoms with Gasteiger partial charge in [-0.1, -0.05) is 30.7 Å². The summed E-state index contributed by atoms with van der Waals surface area (Å²) in [7, 11) is -1.91. The Morgan fingerprint density at radius 3 is 2.34 bits per heavy atom. The predicted octanol–water partition coefficient (Wildman–Crippen LogP) is 3.22. The molecule has 1 heterocycles. The van der Waals surface area contributed by atoms with Crippen molar-refractivity contribution >= 4 is 39.3 Å². The van der Waals surface area contributed by atoms with Gasteiger partial charge in [0.2, 0.25) is 21.8 Å². The van der Waals surface area contributed by atoms with E-state index in [-0.39, 0.29) is 29.7 Å². The number of carbonyl (C=O) groups is 2. The molecule has 172 valence electrons. The van der Waals surface area contributed by atoms with Crippen LogP contribution in [0.3, 0.4) is 0 Å². The molecule has 0 spiro atoms. The Morgan fingerprint density at radius 1 is 1.03 bits per heavy atom. The number of sulfonamides is 1. The van der Waals surface area contributed by atoms with Crippen molar-refractivity contribution in [2.75, 3.05) is 38.3 Å². The lowest BCUT2D eigenvalue weighted by molar-refractivity contribution is -0.132. The first-order chi connectivity index (χ1) is 15.3. The number of benzene rings is 2. The Labute approximate surface area is 194 Å². The summed E-state index contributed by atoms with van der Waals surface area (Å²) in [6.07, 6.45) is 4.85. The summed E-state index contributed by atoms with van der Waals surface area (Å²) in [5, 5.41) is 2.84. The zero-order valence-corrected chi connectivity index (χ0v) is 20.0. The second-order valence-electron chi connectivity index (χ2n) is 7.78. The predicted molar refractivity (Wildman–Crippen MR) is 127 cm³/mol. The van der Waals surface area contributed by atoms with Crippen LogP contribution in [0.5, 0.6) is 0 Å². The van der Waals surface area contributed by atoms with Gasteiger partial charge in [0.25, 0.3) is 0 Å². The van der Waals surface area contributed by atoms with Crippen LogP contribution in [-0.4, -0.2) is 62.4 Å². The Balaban J connectivity index is 1.56. The lowest BCUT2D eigenvalue weighted by atomic mass is 10.1. The molecule has 3 rings (SSSR count). The number of nitrogens with zero attached hydrogens (tertiary/aromatic N) is 2. The third kappa shape index (κ3) is 6.11. The average molecular weight is 476 g/mol. The van der Waals surface area contributed by atoms with Gasteiger partial charge in [-0.15, -0.1) is 11.8 Å². The van der Waals surface area contributed by atoms with E-state index < -0.39 is 10.0 Å². The van der Waals surface area contributed by atoms with Gasteiger partial charge in [0.1, 0.15) is 0 Å². The smallest absolute Gasteiger partial charge is 0.244 e. The zero-order valence-electron chi connectivity index (χ0n) is 18.4. The molecule has 32 heavy (non-hydrogen) atoms. The summed E-state index contributed by atoms with van der Waals surface area (Å²) >= 11 is 1.54. The van der Waals surface area contributed by atoms with Gasteiger partial charge in [0.15, 0.2) is 0 Å². The maximum absolute atomic E-state index is 12.8. The molecule has 7 nitrogen and oxygen atoms in total. The van der Waals surface area contributed by atoms with Gasteiger partial charge in [-0.25, -0.2) is 8.42 Å². The first-order valence-electron chi connectivity index (χ1n) is 10.6. The highest BCUT2D eigenvalue weighted by Gasteiger charge is 2.25. The van der Waals surface area contributed by atoms with Crippen LogP contribution in [0, 0.1) is 0 Å². The van der Waals surface area contributed by atoms with E-state index in [0.29, 0.717) is 18.7 Å². The third-order valence-corrected chi connectivity index (χ3v) is 8.13. The minimum absolute atomic E-state index is 0.0665. The van der Waals surface area contributed by atoms with E-state index in [4.69, 9.17) is 0 Å². The van der Waals surface area contributed by atoms with Crippen LogP contribution in [0.4, 0.5) is 5.69 Å². The van der Waals surface area contributed by atoms with Gasteiger partial charge in [-0.3, -0.25) is 9.59 Å². The van der Waals surface area contributed by atoms with Crippen molar-refractivity contribution in [1.29, 1.82) is 0 Å². The van der Waals surface area contributed by atoms with Crippen LogP contribution in [0.25, 0.3) is 0 Å². The molecule has 1 saturated heterocycles. The van der Waals surface area contributed by atoms with Crippen LogP contribution in [0.1, 0.15) is 24.8 Å². The number of hydrogen-bond acceptors (Lipinski definition) is 5. The van der Waals surface area contributed by atoms with E-state index in [9.17, 15) is 18.0 Å². The minimum atomic E-state index is -3.49. The first kappa shape index (κ1) is 24.3. The van der Waals surface area contributed by atoms with Crippen LogP contribution in [-0.2, 0) is 26.0 Å². The molecule has 2 aromatic carbocycles.